The highest BCUT2D eigenvalue weighted by Crippen LogP contribution is 2.21. The van der Waals surface area contributed by atoms with Crippen LogP contribution in [0.25, 0.3) is 0 Å². The van der Waals surface area contributed by atoms with Crippen LogP contribution in [-0.4, -0.2) is 49.8 Å². The molecular weight excluding hydrogens is 376 g/mol. The van der Waals surface area contributed by atoms with Crippen LogP contribution in [0.3, 0.4) is 0 Å². The molecule has 0 saturated carbocycles. The zero-order valence-electron chi connectivity index (χ0n) is 18.0. The second kappa shape index (κ2) is 11.7. The second-order valence-corrected chi connectivity index (χ2v) is 8.09. The van der Waals surface area contributed by atoms with Gasteiger partial charge in [-0.1, -0.05) is 42.0 Å². The lowest BCUT2D eigenvalue weighted by molar-refractivity contribution is -0.117. The van der Waals surface area contributed by atoms with E-state index in [4.69, 9.17) is 15.2 Å². The molecule has 1 amide bonds. The molecule has 1 aliphatic carbocycles. The van der Waals surface area contributed by atoms with Crippen LogP contribution in [0, 0.1) is 6.92 Å². The Morgan fingerprint density at radius 1 is 1.20 bits per heavy atom. The van der Waals surface area contributed by atoms with Crippen molar-refractivity contribution < 1.29 is 14.3 Å². The normalized spacial score (nSPS) is 20.8. The number of fused-ring (bicyclic) bond motifs is 1. The van der Waals surface area contributed by atoms with Gasteiger partial charge < -0.3 is 20.1 Å². The van der Waals surface area contributed by atoms with E-state index >= 15 is 0 Å². The third kappa shape index (κ3) is 7.47. The van der Waals surface area contributed by atoms with Crippen LogP contribution in [0.2, 0.25) is 0 Å². The maximum absolute atomic E-state index is 10.5. The van der Waals surface area contributed by atoms with Gasteiger partial charge in [-0.15, -0.1) is 0 Å². The van der Waals surface area contributed by atoms with Gasteiger partial charge in [0.1, 0.15) is 18.5 Å². The van der Waals surface area contributed by atoms with E-state index in [2.05, 4.69) is 29.2 Å². The van der Waals surface area contributed by atoms with E-state index in [0.29, 0.717) is 19.6 Å². The standard InChI is InChI=1S/C16H23NO2.C9H11NO/c1-2-10-17(9-1)11-3-4-14-5-7-15-16(8-6-14)19-13-12-18-15;1-7-3-2-4-8(5-7)6-9(10)11/h5-8,15H,1-4,9-13H2;2-5H,6H2,1H3,(H2,10,11). The topological polar surface area (TPSA) is 64.8 Å². The number of likely N-dealkylation sites (tertiary alicyclic amines) is 1. The minimum Gasteiger partial charge on any atom is -0.492 e. The first-order chi connectivity index (χ1) is 14.6. The minimum absolute atomic E-state index is 0.0288. The summed E-state index contributed by atoms with van der Waals surface area (Å²) in [6.07, 6.45) is 14.1. The number of ether oxygens (including phenoxy) is 2. The SMILES string of the molecule is C1=CC2OCCOC2=CC=C1CCCN1CCCC1.Cc1cccc(CC(N)=O)c1. The fourth-order valence-corrected chi connectivity index (χ4v) is 3.95. The Kier molecular flexibility index (Phi) is 8.72. The van der Waals surface area contributed by atoms with Gasteiger partial charge in [-0.2, -0.15) is 0 Å². The first-order valence-electron chi connectivity index (χ1n) is 11.0. The van der Waals surface area contributed by atoms with Gasteiger partial charge in [-0.25, -0.2) is 0 Å². The van der Waals surface area contributed by atoms with Crippen molar-refractivity contribution in [2.45, 2.75) is 45.1 Å². The predicted molar refractivity (Wildman–Crippen MR) is 120 cm³/mol. The van der Waals surface area contributed by atoms with Gasteiger partial charge in [0, 0.05) is 0 Å². The van der Waals surface area contributed by atoms with Crippen molar-refractivity contribution in [3.05, 3.63) is 71.0 Å². The monoisotopic (exact) mass is 410 g/mol. The quantitative estimate of drug-likeness (QED) is 0.777. The van der Waals surface area contributed by atoms with Gasteiger partial charge in [0.2, 0.25) is 5.91 Å². The highest BCUT2D eigenvalue weighted by atomic mass is 16.6. The summed E-state index contributed by atoms with van der Waals surface area (Å²) in [5.74, 6) is 0.674. The maximum atomic E-state index is 10.5. The van der Waals surface area contributed by atoms with Gasteiger partial charge >= 0.3 is 0 Å². The lowest BCUT2D eigenvalue weighted by Gasteiger charge is -2.23. The number of hydrogen-bond acceptors (Lipinski definition) is 4. The maximum Gasteiger partial charge on any atom is 0.221 e. The van der Waals surface area contributed by atoms with E-state index in [1.54, 1.807) is 0 Å². The number of amides is 1. The molecule has 2 heterocycles. The number of allylic oxidation sites excluding steroid dienone is 4. The third-order valence-corrected chi connectivity index (χ3v) is 5.48. The number of hydrogen-bond donors (Lipinski definition) is 1. The van der Waals surface area contributed by atoms with Crippen molar-refractivity contribution in [1.82, 2.24) is 4.90 Å². The molecule has 1 atom stereocenters. The molecule has 2 saturated heterocycles. The Morgan fingerprint density at radius 3 is 2.80 bits per heavy atom. The molecule has 4 rings (SSSR count). The van der Waals surface area contributed by atoms with E-state index in [0.717, 1.165) is 23.3 Å². The third-order valence-electron chi connectivity index (χ3n) is 5.48. The number of carbonyl (C=O) groups is 1. The van der Waals surface area contributed by atoms with Gasteiger partial charge in [0.25, 0.3) is 0 Å². The summed E-state index contributed by atoms with van der Waals surface area (Å²) in [5.41, 5.74) is 8.56. The average Bonchev–Trinajstić information content (AvgIpc) is 3.15. The minimum atomic E-state index is -0.282. The fraction of sp³-hybridized carbons (Fsp3) is 0.480. The molecule has 1 aromatic rings. The number of aryl methyl sites for hydroxylation is 1. The number of rotatable bonds is 6. The van der Waals surface area contributed by atoms with Gasteiger partial charge in [-0.3, -0.25) is 4.79 Å². The van der Waals surface area contributed by atoms with Gasteiger partial charge in [0.15, 0.2) is 0 Å². The van der Waals surface area contributed by atoms with E-state index in [1.807, 2.05) is 31.2 Å². The predicted octanol–water partition coefficient (Wildman–Crippen LogP) is 3.68. The number of primary amides is 1. The first kappa shape index (κ1) is 22.3. The molecule has 30 heavy (non-hydrogen) atoms. The highest BCUT2D eigenvalue weighted by molar-refractivity contribution is 5.76. The summed E-state index contributed by atoms with van der Waals surface area (Å²) in [5, 5.41) is 0. The summed E-state index contributed by atoms with van der Waals surface area (Å²) >= 11 is 0. The molecule has 0 bridgehead atoms. The van der Waals surface area contributed by atoms with Crippen LogP contribution in [0.5, 0.6) is 0 Å². The van der Waals surface area contributed by atoms with Crippen LogP contribution in [-0.2, 0) is 20.7 Å². The summed E-state index contributed by atoms with van der Waals surface area (Å²) < 4.78 is 11.3. The Morgan fingerprint density at radius 2 is 2.03 bits per heavy atom. The van der Waals surface area contributed by atoms with Gasteiger partial charge in [-0.05, 0) is 75.5 Å². The lowest BCUT2D eigenvalue weighted by Crippen LogP contribution is -2.24. The smallest absolute Gasteiger partial charge is 0.221 e. The molecule has 2 N–H and O–H groups in total. The van der Waals surface area contributed by atoms with Crippen LogP contribution in [0.4, 0.5) is 0 Å². The second-order valence-electron chi connectivity index (χ2n) is 8.09. The molecule has 1 aromatic carbocycles. The molecule has 3 aliphatic rings. The summed E-state index contributed by atoms with van der Waals surface area (Å²) in [6.45, 7) is 7.18. The molecule has 0 radical (unpaired) electrons. The Hall–Kier alpha value is -2.37. The Bertz CT molecular complexity index is 791. The van der Waals surface area contributed by atoms with E-state index in [1.165, 1.54) is 44.5 Å². The first-order valence-corrected chi connectivity index (χ1v) is 11.0. The van der Waals surface area contributed by atoms with Crippen molar-refractivity contribution in [3.8, 4) is 0 Å². The summed E-state index contributed by atoms with van der Waals surface area (Å²) in [6, 6.07) is 7.78. The van der Waals surface area contributed by atoms with E-state index in [9.17, 15) is 4.79 Å². The van der Waals surface area contributed by atoms with Crippen molar-refractivity contribution in [3.63, 3.8) is 0 Å². The zero-order chi connectivity index (χ0) is 21.2. The van der Waals surface area contributed by atoms with E-state index < -0.39 is 0 Å². The average molecular weight is 411 g/mol. The van der Waals surface area contributed by atoms with Crippen molar-refractivity contribution >= 4 is 5.91 Å². The zero-order valence-corrected chi connectivity index (χ0v) is 18.0. The molecule has 2 fully saturated rings. The van der Waals surface area contributed by atoms with Crippen LogP contribution >= 0.6 is 0 Å². The van der Waals surface area contributed by atoms with Gasteiger partial charge in [0.05, 0.1) is 13.0 Å². The Labute approximate surface area is 180 Å². The molecular formula is C25H34N2O3. The molecule has 5 nitrogen and oxygen atoms in total. The van der Waals surface area contributed by atoms with Crippen molar-refractivity contribution in [2.75, 3.05) is 32.8 Å². The highest BCUT2D eigenvalue weighted by Gasteiger charge is 2.19. The fourth-order valence-electron chi connectivity index (χ4n) is 3.95. The van der Waals surface area contributed by atoms with E-state index in [-0.39, 0.29) is 12.0 Å². The van der Waals surface area contributed by atoms with Crippen LogP contribution < -0.4 is 5.73 Å². The van der Waals surface area contributed by atoms with Crippen molar-refractivity contribution in [1.29, 1.82) is 0 Å². The number of carbonyl (C=O) groups excluding carboxylic acids is 1. The van der Waals surface area contributed by atoms with Crippen LogP contribution in [0.1, 0.15) is 36.8 Å². The summed E-state index contributed by atoms with van der Waals surface area (Å²) in [7, 11) is 0. The Balaban J connectivity index is 0.000000199. The molecule has 0 aromatic heterocycles. The molecule has 162 valence electrons. The summed E-state index contributed by atoms with van der Waals surface area (Å²) in [4.78, 5) is 13.1. The largest absolute Gasteiger partial charge is 0.492 e. The molecule has 1 unspecified atom stereocenters. The number of nitrogens with zero attached hydrogens (tertiary/aromatic N) is 1. The molecule has 5 heteroatoms. The number of nitrogens with two attached hydrogens (primary N) is 1. The molecule has 0 spiro atoms. The number of benzene rings is 1. The molecule has 2 aliphatic heterocycles. The van der Waals surface area contributed by atoms with Crippen LogP contribution in [0.15, 0.2) is 59.9 Å². The van der Waals surface area contributed by atoms with Crippen molar-refractivity contribution in [2.24, 2.45) is 5.73 Å². The lowest BCUT2D eigenvalue weighted by atomic mass is 10.1.